The maximum absolute atomic E-state index is 14.5. The zero-order valence-electron chi connectivity index (χ0n) is 22.2. The van der Waals surface area contributed by atoms with Crippen LogP contribution in [0.15, 0.2) is 77.6 Å². The van der Waals surface area contributed by atoms with Crippen LogP contribution in [0, 0.1) is 24.5 Å². The maximum Gasteiger partial charge on any atom is 0.261 e. The minimum atomic E-state index is -0.988. The number of carbonyl (C=O) groups is 2. The number of halogens is 2. The third-order valence-corrected chi connectivity index (χ3v) is 7.65. The van der Waals surface area contributed by atoms with Gasteiger partial charge in [-0.2, -0.15) is 0 Å². The molecular formula is C31H27F2N5O3. The Morgan fingerprint density at radius 1 is 0.878 bits per heavy atom. The van der Waals surface area contributed by atoms with Crippen LogP contribution in [0.1, 0.15) is 44.4 Å². The van der Waals surface area contributed by atoms with E-state index in [4.69, 9.17) is 0 Å². The van der Waals surface area contributed by atoms with Crippen molar-refractivity contribution < 1.29 is 18.4 Å². The van der Waals surface area contributed by atoms with Gasteiger partial charge in [-0.05, 0) is 67.8 Å². The molecule has 2 aromatic carbocycles. The highest BCUT2D eigenvalue weighted by Crippen LogP contribution is 2.39. The first-order valence-corrected chi connectivity index (χ1v) is 13.4. The van der Waals surface area contributed by atoms with E-state index < -0.39 is 29.0 Å². The quantitative estimate of drug-likeness (QED) is 0.363. The second-order valence-electron chi connectivity index (χ2n) is 10.5. The number of piperidine rings is 1. The van der Waals surface area contributed by atoms with E-state index in [1.807, 2.05) is 23.6 Å². The summed E-state index contributed by atoms with van der Waals surface area (Å²) in [4.78, 5) is 45.1. The van der Waals surface area contributed by atoms with Crippen molar-refractivity contribution in [1.82, 2.24) is 9.55 Å². The monoisotopic (exact) mass is 555 g/mol. The number of benzene rings is 2. The van der Waals surface area contributed by atoms with Crippen LogP contribution in [0.25, 0.3) is 0 Å². The molecule has 2 unspecified atom stereocenters. The number of amides is 2. The number of nitrogens with zero attached hydrogens (tertiary/aromatic N) is 3. The van der Waals surface area contributed by atoms with Crippen LogP contribution in [0.4, 0.5) is 26.0 Å². The van der Waals surface area contributed by atoms with Gasteiger partial charge in [-0.1, -0.05) is 18.2 Å². The summed E-state index contributed by atoms with van der Waals surface area (Å²) in [7, 11) is 0. The van der Waals surface area contributed by atoms with Gasteiger partial charge in [0.15, 0.2) is 0 Å². The minimum absolute atomic E-state index is 0.0241. The fourth-order valence-electron chi connectivity index (χ4n) is 5.85. The van der Waals surface area contributed by atoms with Crippen molar-refractivity contribution >= 4 is 29.0 Å². The predicted octanol–water partition coefficient (Wildman–Crippen LogP) is 4.96. The molecule has 2 atom stereocenters. The predicted molar refractivity (Wildman–Crippen MR) is 151 cm³/mol. The molecule has 0 radical (unpaired) electrons. The molecule has 0 spiro atoms. The highest BCUT2D eigenvalue weighted by Gasteiger charge is 2.35. The Bertz CT molecular complexity index is 1720. The van der Waals surface area contributed by atoms with Gasteiger partial charge in [0.2, 0.25) is 0 Å². The summed E-state index contributed by atoms with van der Waals surface area (Å²) in [6.45, 7) is 3.55. The average Bonchev–Trinajstić information content (AvgIpc) is 2.93. The van der Waals surface area contributed by atoms with Gasteiger partial charge in [0.25, 0.3) is 17.4 Å². The molecule has 208 valence electrons. The van der Waals surface area contributed by atoms with Crippen molar-refractivity contribution in [2.24, 2.45) is 5.92 Å². The number of rotatable bonds is 5. The van der Waals surface area contributed by atoms with E-state index in [0.717, 1.165) is 29.9 Å². The summed E-state index contributed by atoms with van der Waals surface area (Å²) < 4.78 is 30.7. The molecule has 4 aromatic rings. The molecule has 4 heterocycles. The first-order valence-electron chi connectivity index (χ1n) is 13.4. The number of aromatic nitrogens is 2. The molecule has 41 heavy (non-hydrogen) atoms. The van der Waals surface area contributed by atoms with Gasteiger partial charge in [0.1, 0.15) is 23.0 Å². The Morgan fingerprint density at radius 2 is 1.63 bits per heavy atom. The van der Waals surface area contributed by atoms with E-state index in [1.54, 1.807) is 36.4 Å². The zero-order chi connectivity index (χ0) is 28.7. The summed E-state index contributed by atoms with van der Waals surface area (Å²) in [5.41, 5.74) is 2.05. The van der Waals surface area contributed by atoms with Crippen LogP contribution in [0.5, 0.6) is 0 Å². The van der Waals surface area contributed by atoms with E-state index in [2.05, 4.69) is 20.5 Å². The molecule has 6 rings (SSSR count). The third kappa shape index (κ3) is 5.20. The van der Waals surface area contributed by atoms with E-state index >= 15 is 0 Å². The largest absolute Gasteiger partial charge is 0.369 e. The van der Waals surface area contributed by atoms with Crippen molar-refractivity contribution in [3.05, 3.63) is 117 Å². The third-order valence-electron chi connectivity index (χ3n) is 7.65. The number of hydrogen-bond donors (Lipinski definition) is 2. The number of hydrogen-bond acceptors (Lipinski definition) is 5. The van der Waals surface area contributed by atoms with Crippen LogP contribution in [-0.2, 0) is 6.54 Å². The first-order chi connectivity index (χ1) is 19.8. The van der Waals surface area contributed by atoms with E-state index in [1.165, 1.54) is 12.1 Å². The van der Waals surface area contributed by atoms with Crippen molar-refractivity contribution in [1.29, 1.82) is 0 Å². The summed E-state index contributed by atoms with van der Waals surface area (Å²) >= 11 is 0. The normalized spacial score (nSPS) is 17.5. The van der Waals surface area contributed by atoms with Gasteiger partial charge in [0.05, 0.1) is 11.4 Å². The number of nitrogens with one attached hydrogen (secondary N) is 2. The minimum Gasteiger partial charge on any atom is -0.369 e. The number of anilines is 3. The molecule has 2 bridgehead atoms. The van der Waals surface area contributed by atoms with Gasteiger partial charge >= 0.3 is 0 Å². The molecular weight excluding hydrogens is 528 g/mol. The van der Waals surface area contributed by atoms with Crippen LogP contribution in [0.3, 0.4) is 0 Å². The van der Waals surface area contributed by atoms with Crippen molar-refractivity contribution in [3.63, 3.8) is 0 Å². The van der Waals surface area contributed by atoms with E-state index in [9.17, 15) is 23.2 Å². The SMILES string of the molecule is Cc1cccc(NC(=O)c2ccc(N3CC4CC(C3)c3cccc(=O)n3C4)c(NC(=O)c3c(F)cccc3F)c2)n1. The molecule has 1 saturated heterocycles. The Labute approximate surface area is 234 Å². The van der Waals surface area contributed by atoms with Crippen LogP contribution < -0.4 is 21.1 Å². The lowest BCUT2D eigenvalue weighted by Gasteiger charge is -2.44. The highest BCUT2D eigenvalue weighted by atomic mass is 19.1. The molecule has 10 heteroatoms. The molecule has 8 nitrogen and oxygen atoms in total. The van der Waals surface area contributed by atoms with Crippen molar-refractivity contribution in [2.45, 2.75) is 25.8 Å². The smallest absolute Gasteiger partial charge is 0.261 e. The zero-order valence-corrected chi connectivity index (χ0v) is 22.2. The molecule has 1 fully saturated rings. The molecule has 2 N–H and O–H groups in total. The Balaban J connectivity index is 1.35. The maximum atomic E-state index is 14.5. The van der Waals surface area contributed by atoms with Crippen molar-refractivity contribution in [3.8, 4) is 0 Å². The molecule has 2 amide bonds. The van der Waals surface area contributed by atoms with E-state index in [-0.39, 0.29) is 28.6 Å². The molecule has 0 saturated carbocycles. The number of pyridine rings is 2. The lowest BCUT2D eigenvalue weighted by atomic mass is 9.83. The second-order valence-corrected chi connectivity index (χ2v) is 10.5. The average molecular weight is 556 g/mol. The molecule has 2 aliphatic heterocycles. The molecule has 2 aliphatic rings. The van der Waals surface area contributed by atoms with Crippen molar-refractivity contribution in [2.75, 3.05) is 28.6 Å². The number of carbonyl (C=O) groups excluding carboxylic acids is 2. The second kappa shape index (κ2) is 10.6. The molecule has 2 aromatic heterocycles. The van der Waals surface area contributed by atoms with Gasteiger partial charge in [-0.25, -0.2) is 13.8 Å². The summed E-state index contributed by atoms with van der Waals surface area (Å²) in [6, 6.07) is 18.6. The summed E-state index contributed by atoms with van der Waals surface area (Å²) in [6.07, 6.45) is 0.923. The van der Waals surface area contributed by atoms with Gasteiger partial charge in [-0.15, -0.1) is 0 Å². The standard InChI is InChI=1S/C31H27F2N5O3/c1-18-5-2-9-27(34-18)36-30(40)20-11-12-26(24(14-20)35-31(41)29-22(32)6-3-7-23(29)33)37-15-19-13-21(17-37)25-8-4-10-28(39)38(25)16-19/h2-12,14,19,21H,13,15-17H2,1H3,(H,35,41)(H,34,36,40). The topological polar surface area (TPSA) is 96.3 Å². The summed E-state index contributed by atoms with van der Waals surface area (Å²) in [5.74, 6) is -2.75. The molecule has 0 aliphatic carbocycles. The fourth-order valence-corrected chi connectivity index (χ4v) is 5.85. The Hall–Kier alpha value is -4.86. The number of fused-ring (bicyclic) bond motifs is 4. The lowest BCUT2D eigenvalue weighted by molar-refractivity contribution is 0.101. The lowest BCUT2D eigenvalue weighted by Crippen LogP contribution is -2.47. The van der Waals surface area contributed by atoms with Gasteiger partial charge in [0, 0.05) is 48.6 Å². The van der Waals surface area contributed by atoms with Gasteiger partial charge < -0.3 is 20.1 Å². The van der Waals surface area contributed by atoms with Crippen LogP contribution >= 0.6 is 0 Å². The first kappa shape index (κ1) is 26.4. The highest BCUT2D eigenvalue weighted by molar-refractivity contribution is 6.09. The Kier molecular flexibility index (Phi) is 6.82. The fraction of sp³-hybridized carbons (Fsp3) is 0.226. The van der Waals surface area contributed by atoms with Crippen LogP contribution in [-0.4, -0.2) is 34.5 Å². The number of aryl methyl sites for hydroxylation is 1. The summed E-state index contributed by atoms with van der Waals surface area (Å²) in [5, 5.41) is 5.41. The Morgan fingerprint density at radius 3 is 2.41 bits per heavy atom. The van der Waals surface area contributed by atoms with E-state index in [0.29, 0.717) is 31.1 Å². The van der Waals surface area contributed by atoms with Gasteiger partial charge in [-0.3, -0.25) is 14.4 Å². The van der Waals surface area contributed by atoms with Crippen LogP contribution in [0.2, 0.25) is 0 Å².